The fourth-order valence-electron chi connectivity index (χ4n) is 4.08. The molecule has 136 valence electrons. The maximum atomic E-state index is 12.6. The average Bonchev–Trinajstić information content (AvgIpc) is 3.11. The first kappa shape index (κ1) is 16.9. The van der Waals surface area contributed by atoms with Crippen molar-refractivity contribution in [2.24, 2.45) is 0 Å². The van der Waals surface area contributed by atoms with Crippen LogP contribution in [0.25, 0.3) is 0 Å². The van der Waals surface area contributed by atoms with Crippen molar-refractivity contribution in [2.45, 2.75) is 50.7 Å². The standard InChI is InChI=1S/C19H27N3O3/c23-19(21-17-12-20-11-14-3-1-2-4-16(14)17)18-6-5-15(25-18)13-22-7-9-24-10-8-22/h11-12,15,18H,1-10,13H2,(H,21,23)/t15-,18+/m1/s1. The summed E-state index contributed by atoms with van der Waals surface area (Å²) in [5.74, 6) is -0.0229. The van der Waals surface area contributed by atoms with Gasteiger partial charge in [0.05, 0.1) is 31.2 Å². The number of nitrogens with zero attached hydrogens (tertiary/aromatic N) is 2. The van der Waals surface area contributed by atoms with Gasteiger partial charge in [0, 0.05) is 25.8 Å². The van der Waals surface area contributed by atoms with Crippen molar-refractivity contribution in [1.29, 1.82) is 0 Å². The van der Waals surface area contributed by atoms with Crippen LogP contribution in [0.2, 0.25) is 0 Å². The monoisotopic (exact) mass is 345 g/mol. The summed E-state index contributed by atoms with van der Waals surface area (Å²) < 4.78 is 11.4. The summed E-state index contributed by atoms with van der Waals surface area (Å²) in [6, 6.07) is 0. The Kier molecular flexibility index (Phi) is 5.29. The SMILES string of the molecule is O=C(Nc1cncc2c1CCCC2)[C@@H]1CC[C@H](CN2CCOCC2)O1. The lowest BCUT2D eigenvalue weighted by atomic mass is 9.92. The highest BCUT2D eigenvalue weighted by Crippen LogP contribution is 2.28. The predicted molar refractivity (Wildman–Crippen MR) is 94.7 cm³/mol. The van der Waals surface area contributed by atoms with Crippen molar-refractivity contribution < 1.29 is 14.3 Å². The van der Waals surface area contributed by atoms with Crippen molar-refractivity contribution in [3.63, 3.8) is 0 Å². The Morgan fingerprint density at radius 2 is 2.04 bits per heavy atom. The lowest BCUT2D eigenvalue weighted by Gasteiger charge is -2.28. The number of anilines is 1. The van der Waals surface area contributed by atoms with Crippen molar-refractivity contribution in [3.05, 3.63) is 23.5 Å². The summed E-state index contributed by atoms with van der Waals surface area (Å²) in [4.78, 5) is 19.3. The fraction of sp³-hybridized carbons (Fsp3) is 0.684. The molecule has 6 heteroatoms. The highest BCUT2D eigenvalue weighted by atomic mass is 16.5. The van der Waals surface area contributed by atoms with Gasteiger partial charge in [-0.1, -0.05) is 0 Å². The van der Waals surface area contributed by atoms with Gasteiger partial charge in [-0.25, -0.2) is 0 Å². The lowest BCUT2D eigenvalue weighted by molar-refractivity contribution is -0.127. The summed E-state index contributed by atoms with van der Waals surface area (Å²) in [5, 5.41) is 3.08. The number of rotatable bonds is 4. The number of aryl methyl sites for hydroxylation is 1. The minimum Gasteiger partial charge on any atom is -0.379 e. The molecule has 1 amide bonds. The van der Waals surface area contributed by atoms with E-state index < -0.39 is 0 Å². The van der Waals surface area contributed by atoms with Crippen LogP contribution >= 0.6 is 0 Å². The minimum atomic E-state index is -0.342. The molecule has 1 aromatic heterocycles. The van der Waals surface area contributed by atoms with Gasteiger partial charge in [-0.05, 0) is 49.7 Å². The predicted octanol–water partition coefficient (Wildman–Crippen LogP) is 1.78. The van der Waals surface area contributed by atoms with Gasteiger partial charge in [-0.2, -0.15) is 0 Å². The maximum Gasteiger partial charge on any atom is 0.253 e. The van der Waals surface area contributed by atoms with E-state index in [9.17, 15) is 4.79 Å². The van der Waals surface area contributed by atoms with Gasteiger partial charge in [-0.3, -0.25) is 14.7 Å². The smallest absolute Gasteiger partial charge is 0.253 e. The van der Waals surface area contributed by atoms with Crippen LogP contribution in [0.4, 0.5) is 5.69 Å². The van der Waals surface area contributed by atoms with Crippen molar-refractivity contribution in [2.75, 3.05) is 38.2 Å². The number of fused-ring (bicyclic) bond motifs is 1. The van der Waals surface area contributed by atoms with Crippen LogP contribution in [-0.4, -0.2) is 60.8 Å². The highest BCUT2D eigenvalue weighted by molar-refractivity contribution is 5.95. The van der Waals surface area contributed by atoms with Crippen LogP contribution in [0, 0.1) is 0 Å². The molecule has 2 atom stereocenters. The molecule has 1 aromatic rings. The Morgan fingerprint density at radius 3 is 2.92 bits per heavy atom. The number of carbonyl (C=O) groups is 1. The molecule has 2 fully saturated rings. The van der Waals surface area contributed by atoms with E-state index >= 15 is 0 Å². The minimum absolute atomic E-state index is 0.0229. The normalized spacial score (nSPS) is 27.0. The van der Waals surface area contributed by atoms with Crippen molar-refractivity contribution >= 4 is 11.6 Å². The van der Waals surface area contributed by atoms with Crippen LogP contribution in [0.15, 0.2) is 12.4 Å². The second kappa shape index (κ2) is 7.81. The third-order valence-electron chi connectivity index (χ3n) is 5.49. The lowest BCUT2D eigenvalue weighted by Crippen LogP contribution is -2.41. The highest BCUT2D eigenvalue weighted by Gasteiger charge is 2.32. The molecular formula is C19H27N3O3. The first-order chi connectivity index (χ1) is 12.3. The molecule has 0 unspecified atom stereocenters. The van der Waals surface area contributed by atoms with Gasteiger partial charge < -0.3 is 14.8 Å². The van der Waals surface area contributed by atoms with Crippen LogP contribution in [0.5, 0.6) is 0 Å². The summed E-state index contributed by atoms with van der Waals surface area (Å²) in [6.45, 7) is 4.40. The van der Waals surface area contributed by atoms with E-state index in [4.69, 9.17) is 9.47 Å². The Labute approximate surface area is 148 Å². The molecule has 3 heterocycles. The molecule has 4 rings (SSSR count). The number of carbonyl (C=O) groups excluding carboxylic acids is 1. The van der Waals surface area contributed by atoms with Gasteiger partial charge in [0.1, 0.15) is 6.10 Å². The Hall–Kier alpha value is -1.50. The fourth-order valence-corrected chi connectivity index (χ4v) is 4.08. The number of amides is 1. The third-order valence-corrected chi connectivity index (χ3v) is 5.49. The van der Waals surface area contributed by atoms with E-state index in [1.165, 1.54) is 24.0 Å². The number of morpholine rings is 1. The number of pyridine rings is 1. The summed E-state index contributed by atoms with van der Waals surface area (Å²) in [6.07, 6.45) is 9.75. The zero-order valence-corrected chi connectivity index (χ0v) is 14.7. The Bertz CT molecular complexity index is 616. The van der Waals surface area contributed by atoms with Crippen LogP contribution in [-0.2, 0) is 27.1 Å². The second-order valence-electron chi connectivity index (χ2n) is 7.26. The number of nitrogens with one attached hydrogen (secondary N) is 1. The quantitative estimate of drug-likeness (QED) is 0.901. The molecule has 0 radical (unpaired) electrons. The third kappa shape index (κ3) is 4.02. The van der Waals surface area contributed by atoms with Gasteiger partial charge >= 0.3 is 0 Å². The van der Waals surface area contributed by atoms with Crippen molar-refractivity contribution in [1.82, 2.24) is 9.88 Å². The van der Waals surface area contributed by atoms with E-state index in [-0.39, 0.29) is 18.1 Å². The van der Waals surface area contributed by atoms with Gasteiger partial charge in [0.15, 0.2) is 0 Å². The number of ether oxygens (including phenoxy) is 2. The summed E-state index contributed by atoms with van der Waals surface area (Å²) >= 11 is 0. The molecule has 3 aliphatic rings. The first-order valence-electron chi connectivity index (χ1n) is 9.52. The van der Waals surface area contributed by atoms with Gasteiger partial charge in [0.25, 0.3) is 5.91 Å². The zero-order chi connectivity index (χ0) is 17.1. The Balaban J connectivity index is 1.33. The average molecular weight is 345 g/mol. The van der Waals surface area contributed by atoms with E-state index in [1.807, 2.05) is 6.20 Å². The largest absolute Gasteiger partial charge is 0.379 e. The molecule has 0 spiro atoms. The molecule has 0 aromatic carbocycles. The Morgan fingerprint density at radius 1 is 1.20 bits per heavy atom. The number of hydrogen-bond acceptors (Lipinski definition) is 5. The van der Waals surface area contributed by atoms with E-state index in [2.05, 4.69) is 15.2 Å². The van der Waals surface area contributed by atoms with Crippen LogP contribution in [0.3, 0.4) is 0 Å². The van der Waals surface area contributed by atoms with Crippen LogP contribution < -0.4 is 5.32 Å². The summed E-state index contributed by atoms with van der Waals surface area (Å²) in [5.41, 5.74) is 3.42. The van der Waals surface area contributed by atoms with Crippen LogP contribution in [0.1, 0.15) is 36.8 Å². The molecule has 2 aliphatic heterocycles. The molecule has 6 nitrogen and oxygen atoms in total. The van der Waals surface area contributed by atoms with Gasteiger partial charge in [0.2, 0.25) is 0 Å². The number of hydrogen-bond donors (Lipinski definition) is 1. The molecule has 2 saturated heterocycles. The van der Waals surface area contributed by atoms with E-state index in [1.54, 1.807) is 6.20 Å². The molecule has 1 aliphatic carbocycles. The topological polar surface area (TPSA) is 63.7 Å². The molecule has 25 heavy (non-hydrogen) atoms. The number of aromatic nitrogens is 1. The van der Waals surface area contributed by atoms with Crippen molar-refractivity contribution in [3.8, 4) is 0 Å². The summed E-state index contributed by atoms with van der Waals surface area (Å²) in [7, 11) is 0. The maximum absolute atomic E-state index is 12.6. The second-order valence-corrected chi connectivity index (χ2v) is 7.26. The van der Waals surface area contributed by atoms with Gasteiger partial charge in [-0.15, -0.1) is 0 Å². The molecular weight excluding hydrogens is 318 g/mol. The van der Waals surface area contributed by atoms with E-state index in [0.29, 0.717) is 0 Å². The molecule has 0 bridgehead atoms. The molecule has 0 saturated carbocycles. The zero-order valence-electron chi connectivity index (χ0n) is 14.7. The van der Waals surface area contributed by atoms with E-state index in [0.717, 1.165) is 64.2 Å². The molecule has 1 N–H and O–H groups in total. The first-order valence-corrected chi connectivity index (χ1v) is 9.52.